The molecule has 0 spiro atoms. The Morgan fingerprint density at radius 3 is 2.18 bits per heavy atom. The predicted molar refractivity (Wildman–Crippen MR) is 47.9 cm³/mol. The minimum Gasteiger partial charge on any atom is -0.378 e. The molecular weight excluding hydrogens is 159 g/mol. The monoisotopic (exact) mass is 176 g/mol. The molecule has 1 aliphatic rings. The Morgan fingerprint density at radius 1 is 1.36 bits per heavy atom. The van der Waals surface area contributed by atoms with Crippen LogP contribution in [0.2, 0.25) is 0 Å². The van der Waals surface area contributed by atoms with Gasteiger partial charge in [-0.05, 0) is 26.4 Å². The van der Waals surface area contributed by atoms with Crippen molar-refractivity contribution in [2.75, 3.05) is 26.1 Å². The van der Waals surface area contributed by atoms with Gasteiger partial charge in [-0.3, -0.25) is 0 Å². The van der Waals surface area contributed by atoms with E-state index >= 15 is 0 Å². The van der Waals surface area contributed by atoms with Crippen molar-refractivity contribution in [3.8, 4) is 0 Å². The molecule has 0 aromatic heterocycles. The van der Waals surface area contributed by atoms with Crippen molar-refractivity contribution >= 4 is 7.14 Å². The fourth-order valence-electron chi connectivity index (χ4n) is 1.39. The first-order valence-corrected chi connectivity index (χ1v) is 6.61. The molecular formula is C8H17O2P. The van der Waals surface area contributed by atoms with E-state index in [0.717, 1.165) is 25.2 Å². The van der Waals surface area contributed by atoms with Gasteiger partial charge in [0.05, 0.1) is 12.7 Å². The second kappa shape index (κ2) is 2.91. The maximum absolute atomic E-state index is 11.6. The van der Waals surface area contributed by atoms with Crippen molar-refractivity contribution in [3.05, 3.63) is 0 Å². The first-order chi connectivity index (χ1) is 4.97. The molecule has 1 saturated heterocycles. The minimum atomic E-state index is -1.76. The summed E-state index contributed by atoms with van der Waals surface area (Å²) in [6.07, 6.45) is 3.63. The van der Waals surface area contributed by atoms with E-state index in [1.807, 2.05) is 6.66 Å². The molecule has 0 aromatic rings. The highest BCUT2D eigenvalue weighted by Gasteiger charge is 2.33. The number of hydrogen-bond acceptors (Lipinski definition) is 2. The lowest BCUT2D eigenvalue weighted by Crippen LogP contribution is -2.33. The molecule has 66 valence electrons. The lowest BCUT2D eigenvalue weighted by molar-refractivity contribution is -0.00200. The van der Waals surface area contributed by atoms with Gasteiger partial charge in [-0.25, -0.2) is 0 Å². The van der Waals surface area contributed by atoms with Gasteiger partial charge in [0.2, 0.25) is 0 Å². The Hall–Kier alpha value is 0.190. The largest absolute Gasteiger partial charge is 0.378 e. The van der Waals surface area contributed by atoms with Gasteiger partial charge in [-0.1, -0.05) is 0 Å². The molecule has 3 heteroatoms. The van der Waals surface area contributed by atoms with Gasteiger partial charge >= 0.3 is 0 Å². The van der Waals surface area contributed by atoms with Gasteiger partial charge in [0, 0.05) is 19.4 Å². The third kappa shape index (κ3) is 2.31. The van der Waals surface area contributed by atoms with E-state index < -0.39 is 7.14 Å². The molecule has 0 N–H and O–H groups in total. The van der Waals surface area contributed by atoms with Gasteiger partial charge in [0.15, 0.2) is 0 Å². The first kappa shape index (κ1) is 9.28. The third-order valence-electron chi connectivity index (χ3n) is 2.72. The molecule has 0 saturated carbocycles. The lowest BCUT2D eigenvalue weighted by atomic mass is 10.00. The van der Waals surface area contributed by atoms with Crippen LogP contribution >= 0.6 is 7.14 Å². The number of rotatable bonds is 1. The van der Waals surface area contributed by atoms with Crippen LogP contribution in [0.4, 0.5) is 0 Å². The Bertz CT molecular complexity index is 177. The van der Waals surface area contributed by atoms with Crippen molar-refractivity contribution in [2.45, 2.75) is 25.4 Å². The zero-order chi connectivity index (χ0) is 8.54. The summed E-state index contributed by atoms with van der Waals surface area (Å²) in [4.78, 5) is 0. The van der Waals surface area contributed by atoms with Gasteiger partial charge in [0.1, 0.15) is 0 Å². The second-order valence-electron chi connectivity index (χ2n) is 3.90. The normalized spacial score (nSPS) is 45.7. The minimum absolute atomic E-state index is 0.00389. The summed E-state index contributed by atoms with van der Waals surface area (Å²) in [7, 11) is -0.0178. The number of ether oxygens (including phenoxy) is 1. The molecule has 1 rings (SSSR count). The summed E-state index contributed by atoms with van der Waals surface area (Å²) in [5, 5.41) is 0. The Kier molecular flexibility index (Phi) is 2.46. The first-order valence-electron chi connectivity index (χ1n) is 4.08. The topological polar surface area (TPSA) is 26.3 Å². The lowest BCUT2D eigenvalue weighted by Gasteiger charge is -2.34. The molecule has 0 radical (unpaired) electrons. The summed E-state index contributed by atoms with van der Waals surface area (Å²) in [6, 6.07) is 0. The van der Waals surface area contributed by atoms with Crippen molar-refractivity contribution in [2.24, 2.45) is 0 Å². The fourth-order valence-corrected chi connectivity index (χ4v) is 3.50. The molecule has 2 nitrogen and oxygen atoms in total. The molecule has 0 bridgehead atoms. The van der Waals surface area contributed by atoms with Crippen molar-refractivity contribution in [1.82, 2.24) is 0 Å². The highest BCUT2D eigenvalue weighted by molar-refractivity contribution is 7.63. The average Bonchev–Trinajstić information content (AvgIpc) is 1.97. The number of methoxy groups -OCH3 is 1. The Balaban J connectivity index is 2.54. The summed E-state index contributed by atoms with van der Waals surface area (Å²) in [5.41, 5.74) is 0.00389. The van der Waals surface area contributed by atoms with Crippen LogP contribution in [0.1, 0.15) is 19.8 Å². The van der Waals surface area contributed by atoms with E-state index in [2.05, 4.69) is 6.92 Å². The zero-order valence-electron chi connectivity index (χ0n) is 7.59. The molecule has 1 fully saturated rings. The molecule has 11 heavy (non-hydrogen) atoms. The fraction of sp³-hybridized carbons (Fsp3) is 1.00. The molecule has 1 heterocycles. The van der Waals surface area contributed by atoms with E-state index in [9.17, 15) is 4.57 Å². The second-order valence-corrected chi connectivity index (χ2v) is 7.39. The van der Waals surface area contributed by atoms with E-state index in [1.165, 1.54) is 0 Å². The van der Waals surface area contributed by atoms with Crippen LogP contribution < -0.4 is 0 Å². The van der Waals surface area contributed by atoms with Crippen LogP contribution in [0.3, 0.4) is 0 Å². The molecule has 0 aliphatic carbocycles. The van der Waals surface area contributed by atoms with Gasteiger partial charge in [0.25, 0.3) is 0 Å². The van der Waals surface area contributed by atoms with E-state index in [0.29, 0.717) is 0 Å². The summed E-state index contributed by atoms with van der Waals surface area (Å²) < 4.78 is 16.9. The summed E-state index contributed by atoms with van der Waals surface area (Å²) >= 11 is 0. The highest BCUT2D eigenvalue weighted by Crippen LogP contribution is 2.49. The maximum Gasteiger partial charge on any atom is 0.0850 e. The summed E-state index contributed by atoms with van der Waals surface area (Å²) in [6.45, 7) is 4.01. The van der Waals surface area contributed by atoms with Crippen LogP contribution in [0.25, 0.3) is 0 Å². The van der Waals surface area contributed by atoms with E-state index in [-0.39, 0.29) is 5.60 Å². The Labute approximate surface area is 68.7 Å². The summed E-state index contributed by atoms with van der Waals surface area (Å²) in [5.74, 6) is 0. The maximum atomic E-state index is 11.6. The third-order valence-corrected chi connectivity index (χ3v) is 5.06. The average molecular weight is 176 g/mol. The quantitative estimate of drug-likeness (QED) is 0.572. The molecule has 1 aliphatic heterocycles. The van der Waals surface area contributed by atoms with E-state index in [1.54, 1.807) is 7.11 Å². The van der Waals surface area contributed by atoms with Crippen LogP contribution in [0.5, 0.6) is 0 Å². The molecule has 0 unspecified atom stereocenters. The SMILES string of the molecule is COC1(C)CCP(C)(=O)CC1. The predicted octanol–water partition coefficient (Wildman–Crippen LogP) is 2.18. The van der Waals surface area contributed by atoms with Crippen LogP contribution in [0.15, 0.2) is 0 Å². The van der Waals surface area contributed by atoms with Crippen molar-refractivity contribution in [3.63, 3.8) is 0 Å². The van der Waals surface area contributed by atoms with Crippen molar-refractivity contribution < 1.29 is 9.30 Å². The highest BCUT2D eigenvalue weighted by atomic mass is 31.2. The smallest absolute Gasteiger partial charge is 0.0850 e. The van der Waals surface area contributed by atoms with Crippen molar-refractivity contribution in [1.29, 1.82) is 0 Å². The van der Waals surface area contributed by atoms with Crippen LogP contribution in [0, 0.1) is 0 Å². The molecule has 0 atom stereocenters. The molecule has 0 aromatic carbocycles. The van der Waals surface area contributed by atoms with Gasteiger partial charge in [-0.15, -0.1) is 0 Å². The van der Waals surface area contributed by atoms with Crippen LogP contribution in [-0.2, 0) is 9.30 Å². The van der Waals surface area contributed by atoms with Gasteiger partial charge < -0.3 is 9.30 Å². The van der Waals surface area contributed by atoms with Gasteiger partial charge in [-0.2, -0.15) is 0 Å². The number of hydrogen-bond donors (Lipinski definition) is 0. The zero-order valence-corrected chi connectivity index (χ0v) is 8.49. The standard InChI is InChI=1S/C8H17O2P/c1-8(10-2)4-6-11(3,9)7-5-8/h4-7H2,1-3H3. The van der Waals surface area contributed by atoms with E-state index in [4.69, 9.17) is 4.74 Å². The molecule has 0 amide bonds. The van der Waals surface area contributed by atoms with Crippen LogP contribution in [-0.4, -0.2) is 31.7 Å². The Morgan fingerprint density at radius 2 is 1.82 bits per heavy atom.